The van der Waals surface area contributed by atoms with Crippen molar-refractivity contribution >= 4 is 27.8 Å². The average molecular weight is 433 g/mol. The Hall–Kier alpha value is -3.15. The molecule has 0 atom stereocenters. The summed E-state index contributed by atoms with van der Waals surface area (Å²) in [5, 5.41) is 14.7. The number of rotatable bonds is 4. The standard InChI is InChI=1S/C17H9F6N3O2S/c18-16(19,20)10-5-11(17(21,22)23)7-12(6-10)24-15-25-14(8-29-15)9-1-3-13(4-2-9)26(27)28/h1-8H,(H,24,25). The summed E-state index contributed by atoms with van der Waals surface area (Å²) in [5.41, 5.74) is -2.58. The zero-order valence-corrected chi connectivity index (χ0v) is 14.8. The van der Waals surface area contributed by atoms with Gasteiger partial charge in [0.25, 0.3) is 5.69 Å². The van der Waals surface area contributed by atoms with Crippen LogP contribution in [0.5, 0.6) is 0 Å². The highest BCUT2D eigenvalue weighted by molar-refractivity contribution is 7.14. The number of nitro groups is 1. The molecule has 5 nitrogen and oxygen atoms in total. The third kappa shape index (κ3) is 4.83. The van der Waals surface area contributed by atoms with Gasteiger partial charge in [0, 0.05) is 28.8 Å². The van der Waals surface area contributed by atoms with Gasteiger partial charge in [-0.25, -0.2) is 4.98 Å². The van der Waals surface area contributed by atoms with E-state index in [1.54, 1.807) is 0 Å². The highest BCUT2D eigenvalue weighted by Gasteiger charge is 2.37. The second-order valence-corrected chi connectivity index (χ2v) is 6.62. The number of non-ortho nitro benzene ring substituents is 1. The van der Waals surface area contributed by atoms with E-state index in [1.807, 2.05) is 0 Å². The van der Waals surface area contributed by atoms with E-state index >= 15 is 0 Å². The Morgan fingerprint density at radius 3 is 1.97 bits per heavy atom. The van der Waals surface area contributed by atoms with E-state index in [-0.39, 0.29) is 16.9 Å². The third-order valence-electron chi connectivity index (χ3n) is 3.72. The zero-order chi connectivity index (χ0) is 21.4. The van der Waals surface area contributed by atoms with Gasteiger partial charge in [0.15, 0.2) is 5.13 Å². The van der Waals surface area contributed by atoms with Crippen molar-refractivity contribution in [2.75, 3.05) is 5.32 Å². The van der Waals surface area contributed by atoms with Crippen LogP contribution in [0.25, 0.3) is 11.3 Å². The number of nitro benzene ring substituents is 1. The number of aromatic nitrogens is 1. The molecule has 152 valence electrons. The molecule has 0 spiro atoms. The number of hydrogen-bond donors (Lipinski definition) is 1. The van der Waals surface area contributed by atoms with Crippen molar-refractivity contribution in [2.45, 2.75) is 12.4 Å². The second-order valence-electron chi connectivity index (χ2n) is 5.76. The van der Waals surface area contributed by atoms with Gasteiger partial charge in [-0.1, -0.05) is 0 Å². The fraction of sp³-hybridized carbons (Fsp3) is 0.118. The van der Waals surface area contributed by atoms with Crippen LogP contribution in [0, 0.1) is 10.1 Å². The quantitative estimate of drug-likeness (QED) is 0.290. The van der Waals surface area contributed by atoms with Gasteiger partial charge >= 0.3 is 12.4 Å². The van der Waals surface area contributed by atoms with Gasteiger partial charge in [-0.2, -0.15) is 26.3 Å². The first-order valence-corrected chi connectivity index (χ1v) is 8.58. The summed E-state index contributed by atoms with van der Waals surface area (Å²) >= 11 is 0.958. The second kappa shape index (κ2) is 7.35. The lowest BCUT2D eigenvalue weighted by Crippen LogP contribution is -2.11. The molecule has 3 aromatic rings. The van der Waals surface area contributed by atoms with Crippen LogP contribution in [-0.4, -0.2) is 9.91 Å². The Balaban J connectivity index is 1.90. The van der Waals surface area contributed by atoms with Crippen molar-refractivity contribution in [3.05, 3.63) is 69.1 Å². The predicted molar refractivity (Wildman–Crippen MR) is 93.9 cm³/mol. The molecular formula is C17H9F6N3O2S. The summed E-state index contributed by atoms with van der Waals surface area (Å²) in [4.78, 5) is 14.2. The normalized spacial score (nSPS) is 12.1. The lowest BCUT2D eigenvalue weighted by Gasteiger charge is -2.14. The number of nitrogens with one attached hydrogen (secondary N) is 1. The zero-order valence-electron chi connectivity index (χ0n) is 14.0. The first-order chi connectivity index (χ1) is 13.4. The first-order valence-electron chi connectivity index (χ1n) is 7.70. The molecule has 0 saturated carbocycles. The Morgan fingerprint density at radius 1 is 0.931 bits per heavy atom. The molecular weight excluding hydrogens is 424 g/mol. The number of thiazole rings is 1. The molecule has 0 aliphatic rings. The van der Waals surface area contributed by atoms with Crippen molar-refractivity contribution in [2.24, 2.45) is 0 Å². The van der Waals surface area contributed by atoms with Crippen molar-refractivity contribution in [1.82, 2.24) is 4.98 Å². The number of alkyl halides is 6. The van der Waals surface area contributed by atoms with Crippen LogP contribution in [-0.2, 0) is 12.4 Å². The maximum atomic E-state index is 12.9. The summed E-state index contributed by atoms with van der Waals surface area (Å²) in [5.74, 6) is 0. The van der Waals surface area contributed by atoms with E-state index in [0.29, 0.717) is 23.4 Å². The van der Waals surface area contributed by atoms with Crippen LogP contribution in [0.2, 0.25) is 0 Å². The predicted octanol–water partition coefficient (Wildman–Crippen LogP) is 6.50. The largest absolute Gasteiger partial charge is 0.416 e. The smallest absolute Gasteiger partial charge is 0.332 e. The van der Waals surface area contributed by atoms with Crippen LogP contribution in [0.15, 0.2) is 47.8 Å². The Kier molecular flexibility index (Phi) is 5.22. The molecule has 1 aromatic heterocycles. The Labute approximate surface area is 162 Å². The molecule has 2 aromatic carbocycles. The minimum absolute atomic E-state index is 0.0370. The Morgan fingerprint density at radius 2 is 1.48 bits per heavy atom. The van der Waals surface area contributed by atoms with Gasteiger partial charge < -0.3 is 5.32 Å². The molecule has 0 unspecified atom stereocenters. The number of benzene rings is 2. The summed E-state index contributed by atoms with van der Waals surface area (Å²) in [6.07, 6.45) is -9.91. The monoisotopic (exact) mass is 433 g/mol. The van der Waals surface area contributed by atoms with Crippen molar-refractivity contribution in [3.63, 3.8) is 0 Å². The molecule has 1 heterocycles. The number of nitrogens with zero attached hydrogens (tertiary/aromatic N) is 2. The topological polar surface area (TPSA) is 68.1 Å². The van der Waals surface area contributed by atoms with Gasteiger partial charge in [-0.15, -0.1) is 11.3 Å². The minimum Gasteiger partial charge on any atom is -0.332 e. The van der Waals surface area contributed by atoms with Gasteiger partial charge in [0.2, 0.25) is 0 Å². The van der Waals surface area contributed by atoms with E-state index in [9.17, 15) is 36.5 Å². The summed E-state index contributed by atoms with van der Waals surface area (Å²) in [6, 6.07) is 6.53. The van der Waals surface area contributed by atoms with Crippen LogP contribution < -0.4 is 5.32 Å². The summed E-state index contributed by atoms with van der Waals surface area (Å²) in [6.45, 7) is 0. The highest BCUT2D eigenvalue weighted by atomic mass is 32.1. The van der Waals surface area contributed by atoms with Gasteiger partial charge in [0.05, 0.1) is 21.7 Å². The van der Waals surface area contributed by atoms with Crippen LogP contribution >= 0.6 is 11.3 Å². The Bertz CT molecular complexity index is 1010. The van der Waals surface area contributed by atoms with E-state index in [2.05, 4.69) is 10.3 Å². The molecule has 0 fully saturated rings. The van der Waals surface area contributed by atoms with Crippen molar-refractivity contribution in [1.29, 1.82) is 0 Å². The van der Waals surface area contributed by atoms with Gasteiger partial charge in [0.1, 0.15) is 0 Å². The maximum Gasteiger partial charge on any atom is 0.416 e. The van der Waals surface area contributed by atoms with Crippen molar-refractivity contribution in [3.8, 4) is 11.3 Å². The van der Waals surface area contributed by atoms with E-state index in [1.165, 1.54) is 29.6 Å². The van der Waals surface area contributed by atoms with Crippen LogP contribution in [0.4, 0.5) is 42.8 Å². The van der Waals surface area contributed by atoms with E-state index in [0.717, 1.165) is 11.3 Å². The van der Waals surface area contributed by atoms with E-state index < -0.39 is 34.1 Å². The molecule has 0 radical (unpaired) electrons. The van der Waals surface area contributed by atoms with Gasteiger partial charge in [-0.05, 0) is 30.3 Å². The van der Waals surface area contributed by atoms with Gasteiger partial charge in [-0.3, -0.25) is 10.1 Å². The fourth-order valence-corrected chi connectivity index (χ4v) is 3.11. The average Bonchev–Trinajstić information content (AvgIpc) is 3.08. The lowest BCUT2D eigenvalue weighted by molar-refractivity contribution is -0.384. The fourth-order valence-electron chi connectivity index (χ4n) is 2.37. The molecule has 0 saturated heterocycles. The summed E-state index contributed by atoms with van der Waals surface area (Å²) in [7, 11) is 0. The van der Waals surface area contributed by atoms with Crippen LogP contribution in [0.1, 0.15) is 11.1 Å². The molecule has 0 aliphatic heterocycles. The lowest BCUT2D eigenvalue weighted by atomic mass is 10.1. The third-order valence-corrected chi connectivity index (χ3v) is 4.47. The highest BCUT2D eigenvalue weighted by Crippen LogP contribution is 2.38. The molecule has 0 aliphatic carbocycles. The number of halogens is 6. The molecule has 3 rings (SSSR count). The maximum absolute atomic E-state index is 12.9. The summed E-state index contributed by atoms with van der Waals surface area (Å²) < 4.78 is 77.6. The van der Waals surface area contributed by atoms with Crippen molar-refractivity contribution < 1.29 is 31.3 Å². The molecule has 29 heavy (non-hydrogen) atoms. The minimum atomic E-state index is -4.95. The molecule has 0 amide bonds. The van der Waals surface area contributed by atoms with Crippen LogP contribution in [0.3, 0.4) is 0 Å². The molecule has 1 N–H and O–H groups in total. The first kappa shape index (κ1) is 20.6. The molecule has 12 heteroatoms. The molecule has 0 bridgehead atoms. The number of hydrogen-bond acceptors (Lipinski definition) is 5. The van der Waals surface area contributed by atoms with E-state index in [4.69, 9.17) is 0 Å². The SMILES string of the molecule is O=[N+]([O-])c1ccc(-c2csc(Nc3cc(C(F)(F)F)cc(C(F)(F)F)c3)n2)cc1. The number of anilines is 2.